The van der Waals surface area contributed by atoms with Gasteiger partial charge < -0.3 is 0 Å². The molecule has 0 spiro atoms. The summed E-state index contributed by atoms with van der Waals surface area (Å²) < 4.78 is 26.1. The molecule has 2 aromatic heterocycles. The number of carbonyl (C=O) groups is 4. The van der Waals surface area contributed by atoms with Gasteiger partial charge in [0.05, 0.1) is 0 Å². The van der Waals surface area contributed by atoms with Crippen molar-refractivity contribution >= 4 is 71.8 Å². The Morgan fingerprint density at radius 1 is 0.610 bits per heavy atom. The summed E-state index contributed by atoms with van der Waals surface area (Å²) in [6, 6.07) is 11.0. The van der Waals surface area contributed by atoms with Gasteiger partial charge in [-0.3, -0.25) is 0 Å². The van der Waals surface area contributed by atoms with E-state index in [0.717, 1.165) is 19.3 Å². The summed E-state index contributed by atoms with van der Waals surface area (Å²) >= 11 is -0.473. The summed E-state index contributed by atoms with van der Waals surface area (Å²) in [5.41, 5.74) is 0. The van der Waals surface area contributed by atoms with Gasteiger partial charge in [-0.15, -0.1) is 0 Å². The van der Waals surface area contributed by atoms with Crippen LogP contribution in [0.4, 0.5) is 0 Å². The number of hydrogen-bond donors (Lipinski definition) is 2. The molecular formula is C29H28O10Se2. The number of aliphatic carboxylic acids is 2. The van der Waals surface area contributed by atoms with Crippen LogP contribution in [0.5, 0.6) is 23.0 Å². The summed E-state index contributed by atoms with van der Waals surface area (Å²) in [4.78, 5) is 46.4. The molecule has 41 heavy (non-hydrogen) atoms. The average Bonchev–Trinajstić information content (AvgIpc) is 3.56. The number of hydrogen-bond acceptors (Lipinski definition) is 8. The van der Waals surface area contributed by atoms with Crippen LogP contribution in [0.3, 0.4) is 0 Å². The fraction of sp³-hybridized carbons (Fsp3) is 0.310. The van der Waals surface area contributed by atoms with Gasteiger partial charge >= 0.3 is 248 Å². The van der Waals surface area contributed by atoms with E-state index in [9.17, 15) is 19.2 Å². The molecule has 0 amide bonds. The Kier molecular flexibility index (Phi) is 10.3. The number of methoxy groups -OCH3 is 2. The summed E-state index contributed by atoms with van der Waals surface area (Å²) in [5, 5.41) is 19.5. The number of carboxylic acid groups (broad SMARTS) is 2. The van der Waals surface area contributed by atoms with E-state index in [1.165, 1.54) is 0 Å². The molecule has 0 aliphatic rings. The van der Waals surface area contributed by atoms with Crippen molar-refractivity contribution in [2.24, 2.45) is 0 Å². The van der Waals surface area contributed by atoms with Crippen LogP contribution < -0.4 is 18.9 Å². The van der Waals surface area contributed by atoms with Crippen LogP contribution in [0, 0.1) is 0 Å². The number of ketones is 2. The van der Waals surface area contributed by atoms with Crippen LogP contribution in [0.15, 0.2) is 36.4 Å². The molecule has 0 saturated carbocycles. The van der Waals surface area contributed by atoms with Gasteiger partial charge in [-0.25, -0.2) is 0 Å². The van der Waals surface area contributed by atoms with E-state index >= 15 is 0 Å². The van der Waals surface area contributed by atoms with Gasteiger partial charge in [-0.1, -0.05) is 0 Å². The van der Waals surface area contributed by atoms with E-state index in [1.807, 2.05) is 24.3 Å². The first-order valence-electron chi connectivity index (χ1n) is 12.7. The zero-order valence-electron chi connectivity index (χ0n) is 22.4. The second-order valence-corrected chi connectivity index (χ2v) is 13.5. The molecule has 0 radical (unpaired) electrons. The predicted octanol–water partition coefficient (Wildman–Crippen LogP) is 4.07. The van der Waals surface area contributed by atoms with E-state index < -0.39 is 11.9 Å². The number of Topliss-reactive ketones (excluding diaryl/α,β-unsaturated/α-hetero) is 2. The third-order valence-corrected chi connectivity index (χ3v) is 10.9. The number of benzene rings is 2. The van der Waals surface area contributed by atoms with Crippen molar-refractivity contribution in [3.05, 3.63) is 45.3 Å². The van der Waals surface area contributed by atoms with E-state index in [2.05, 4.69) is 0 Å². The number of rotatable bonds is 16. The van der Waals surface area contributed by atoms with Crippen LogP contribution in [0.25, 0.3) is 19.3 Å². The molecule has 2 aromatic carbocycles. The average molecular weight is 694 g/mol. The molecule has 0 aliphatic heterocycles. The van der Waals surface area contributed by atoms with E-state index in [0.29, 0.717) is 51.5 Å². The molecule has 0 saturated heterocycles. The zero-order valence-corrected chi connectivity index (χ0v) is 25.8. The molecule has 216 valence electrons. The molecule has 0 fully saturated rings. The van der Waals surface area contributed by atoms with Crippen molar-refractivity contribution in [3.63, 3.8) is 0 Å². The van der Waals surface area contributed by atoms with Gasteiger partial charge in [0.25, 0.3) is 0 Å². The molecule has 2 heterocycles. The van der Waals surface area contributed by atoms with Crippen molar-refractivity contribution < 1.29 is 48.3 Å². The Morgan fingerprint density at radius 2 is 1.02 bits per heavy atom. The number of fused-ring (bicyclic) bond motifs is 2. The summed E-state index contributed by atoms with van der Waals surface area (Å²) in [6.07, 6.45) is 0.149. The third-order valence-electron chi connectivity index (χ3n) is 6.09. The maximum atomic E-state index is 12.4. The van der Waals surface area contributed by atoms with Gasteiger partial charge in [0, 0.05) is 0 Å². The second kappa shape index (κ2) is 13.9. The summed E-state index contributed by atoms with van der Waals surface area (Å²) in [6.45, 7) is 0.696. The van der Waals surface area contributed by atoms with Crippen LogP contribution in [0.2, 0.25) is 0 Å². The van der Waals surface area contributed by atoms with Crippen molar-refractivity contribution in [2.45, 2.75) is 32.1 Å². The summed E-state index contributed by atoms with van der Waals surface area (Å²) in [5.74, 6) is -0.0872. The molecular weight excluding hydrogens is 666 g/mol. The van der Waals surface area contributed by atoms with Gasteiger partial charge in [-0.05, 0) is 0 Å². The monoisotopic (exact) mass is 696 g/mol. The van der Waals surface area contributed by atoms with Crippen LogP contribution in [-0.4, -0.2) is 90.2 Å². The van der Waals surface area contributed by atoms with Crippen LogP contribution in [0.1, 0.15) is 50.6 Å². The number of carboxylic acids is 2. The SMILES string of the molecule is COc1cc2cc(C(=O)CCC(=O)O)[se]c2cc1OCCCOc1cc2[se]c(C(=O)CCC(=O)O)cc2cc1OC. The van der Waals surface area contributed by atoms with Gasteiger partial charge in [0.1, 0.15) is 0 Å². The van der Waals surface area contributed by atoms with Crippen molar-refractivity contribution in [1.29, 1.82) is 0 Å². The van der Waals surface area contributed by atoms with E-state index in [1.54, 1.807) is 26.4 Å². The molecule has 0 atom stereocenters. The molecule has 0 aliphatic carbocycles. The molecule has 2 N–H and O–H groups in total. The maximum absolute atomic E-state index is 12.4. The number of ether oxygens (including phenoxy) is 4. The van der Waals surface area contributed by atoms with Crippen molar-refractivity contribution in [1.82, 2.24) is 0 Å². The van der Waals surface area contributed by atoms with Gasteiger partial charge in [-0.2, -0.15) is 0 Å². The molecule has 4 rings (SSSR count). The first-order chi connectivity index (χ1) is 19.7. The first-order valence-corrected chi connectivity index (χ1v) is 16.1. The second-order valence-electron chi connectivity index (χ2n) is 8.99. The first kappa shape index (κ1) is 30.4. The fourth-order valence-corrected chi connectivity index (χ4v) is 8.39. The Balaban J connectivity index is 1.36. The Hall–Kier alpha value is -3.56. The van der Waals surface area contributed by atoms with Crippen LogP contribution in [-0.2, 0) is 9.59 Å². The standard InChI is InChI=1S/C29H28O10Se2/c1-36-20-10-16-12-26(18(30)4-6-28(32)33)40-24(16)14-22(20)38-8-3-9-39-23-15-25-17(11-21(23)37-2)13-27(41-25)19(31)5-7-29(34)35/h10-15H,3-9H2,1-2H3,(H,32,33)(H,34,35). The zero-order chi connectivity index (χ0) is 29.5. The van der Waals surface area contributed by atoms with E-state index in [-0.39, 0.29) is 66.3 Å². The van der Waals surface area contributed by atoms with Crippen molar-refractivity contribution in [2.75, 3.05) is 27.4 Å². The Morgan fingerprint density at radius 3 is 1.39 bits per heavy atom. The Bertz CT molecular complexity index is 1480. The quantitative estimate of drug-likeness (QED) is 0.100. The minimum atomic E-state index is -0.994. The predicted molar refractivity (Wildman–Crippen MR) is 153 cm³/mol. The molecule has 0 unspecified atom stereocenters. The molecule has 12 heteroatoms. The van der Waals surface area contributed by atoms with E-state index in [4.69, 9.17) is 29.2 Å². The third kappa shape index (κ3) is 7.80. The van der Waals surface area contributed by atoms with Gasteiger partial charge in [0.15, 0.2) is 0 Å². The molecule has 10 nitrogen and oxygen atoms in total. The topological polar surface area (TPSA) is 146 Å². The minimum absolute atomic E-state index is 0.0179. The summed E-state index contributed by atoms with van der Waals surface area (Å²) in [7, 11) is 3.09. The fourth-order valence-electron chi connectivity index (χ4n) is 4.02. The normalized spacial score (nSPS) is 11.0. The van der Waals surface area contributed by atoms with Crippen LogP contribution >= 0.6 is 0 Å². The van der Waals surface area contributed by atoms with Crippen molar-refractivity contribution in [3.8, 4) is 23.0 Å². The number of carbonyl (C=O) groups excluding carboxylic acids is 2. The van der Waals surface area contributed by atoms with Gasteiger partial charge in [0.2, 0.25) is 0 Å². The molecule has 0 bridgehead atoms. The molecule has 4 aromatic rings. The Labute approximate surface area is 247 Å².